The van der Waals surface area contributed by atoms with Gasteiger partial charge in [-0.25, -0.2) is 0 Å². The number of hydrogen-bond donors (Lipinski definition) is 0. The largest absolute Gasteiger partial charge is 0.290 e. The van der Waals surface area contributed by atoms with Crippen LogP contribution in [0.1, 0.15) is 6.42 Å². The summed E-state index contributed by atoms with van der Waals surface area (Å²) in [6.45, 7) is 0. The van der Waals surface area contributed by atoms with Gasteiger partial charge >= 0.3 is 0 Å². The molecule has 0 saturated carbocycles. The molecule has 1 aliphatic carbocycles. The van der Waals surface area contributed by atoms with Gasteiger partial charge in [0.1, 0.15) is 0 Å². The molecule has 0 heterocycles. The Kier molecular flexibility index (Phi) is 1.91. The third-order valence-corrected chi connectivity index (χ3v) is 1.88. The molecule has 1 radical (unpaired) electrons. The Balaban J connectivity index is 3.01. The summed E-state index contributed by atoms with van der Waals surface area (Å²) in [7, 11) is -2.17. The van der Waals surface area contributed by atoms with E-state index in [9.17, 15) is 13.5 Å². The van der Waals surface area contributed by atoms with Crippen molar-refractivity contribution in [2.45, 2.75) is 6.42 Å². The van der Waals surface area contributed by atoms with Crippen molar-refractivity contribution in [1.82, 2.24) is 0 Å². The molecule has 0 bridgehead atoms. The summed E-state index contributed by atoms with van der Waals surface area (Å²) in [5.74, 6) is -0.130. The Morgan fingerprint density at radius 2 is 2.00 bits per heavy atom. The van der Waals surface area contributed by atoms with E-state index in [0.717, 1.165) is 0 Å². The van der Waals surface area contributed by atoms with Gasteiger partial charge in [0.05, 0.1) is 4.86 Å². The maximum Gasteiger partial charge on any atom is 0.217 e. The molecule has 0 amide bonds. The summed E-state index contributed by atoms with van der Waals surface area (Å²) >= 11 is 0. The van der Waals surface area contributed by atoms with Crippen molar-refractivity contribution < 1.29 is 13.5 Å². The number of allylic oxidation sites excluding steroid dienone is 3. The predicted octanol–water partition coefficient (Wildman–Crippen LogP) is 0.312. The minimum absolute atomic E-state index is 0.130. The van der Waals surface area contributed by atoms with E-state index < -0.39 is 10.3 Å². The molecular formula is C6H5O3S. The lowest BCUT2D eigenvalue weighted by Gasteiger charge is -1.95. The van der Waals surface area contributed by atoms with Crippen molar-refractivity contribution >= 4 is 15.2 Å². The Morgan fingerprint density at radius 1 is 1.30 bits per heavy atom. The Labute approximate surface area is 59.8 Å². The quantitative estimate of drug-likeness (QED) is 0.475. The SMILES string of the molecule is [O]C1=CCC(=S(=O)=O)C=C1. The smallest absolute Gasteiger partial charge is 0.217 e. The van der Waals surface area contributed by atoms with Gasteiger partial charge in [0, 0.05) is 6.42 Å². The average Bonchev–Trinajstić information content (AvgIpc) is 1.88. The molecule has 1 rings (SSSR count). The van der Waals surface area contributed by atoms with Crippen molar-refractivity contribution in [3.05, 3.63) is 24.0 Å². The predicted molar refractivity (Wildman–Crippen MR) is 36.5 cm³/mol. The monoisotopic (exact) mass is 157 g/mol. The molecule has 1 aliphatic rings. The molecule has 0 aromatic rings. The van der Waals surface area contributed by atoms with Crippen LogP contribution >= 0.6 is 0 Å². The van der Waals surface area contributed by atoms with E-state index in [2.05, 4.69) is 0 Å². The van der Waals surface area contributed by atoms with Crippen LogP contribution in [0.15, 0.2) is 24.0 Å². The summed E-state index contributed by atoms with van der Waals surface area (Å²) in [6, 6.07) is 0. The molecule has 0 aliphatic heterocycles. The number of rotatable bonds is 0. The van der Waals surface area contributed by atoms with Crippen molar-refractivity contribution in [3.8, 4) is 0 Å². The first-order valence-corrected chi connectivity index (χ1v) is 3.78. The zero-order valence-electron chi connectivity index (χ0n) is 5.07. The highest BCUT2D eigenvalue weighted by Gasteiger charge is 2.02. The molecule has 0 aromatic heterocycles. The lowest BCUT2D eigenvalue weighted by Crippen LogP contribution is -1.97. The standard InChI is InChI=1S/C6H5O3S/c7-5-1-3-6(4-2-5)10(8)9/h1-3H,4H2. The third-order valence-electron chi connectivity index (χ3n) is 1.15. The van der Waals surface area contributed by atoms with Gasteiger partial charge in [-0.1, -0.05) is 0 Å². The molecule has 53 valence electrons. The summed E-state index contributed by atoms with van der Waals surface area (Å²) < 4.78 is 20.5. The molecule has 0 atom stereocenters. The second-order valence-electron chi connectivity index (χ2n) is 1.84. The third kappa shape index (κ3) is 1.48. The summed E-state index contributed by atoms with van der Waals surface area (Å²) in [6.07, 6.45) is 4.14. The highest BCUT2D eigenvalue weighted by Crippen LogP contribution is 2.03. The number of hydrogen-bond acceptors (Lipinski definition) is 2. The molecular weight excluding hydrogens is 152 g/mol. The summed E-state index contributed by atoms with van der Waals surface area (Å²) in [5, 5.41) is 10.5. The second kappa shape index (κ2) is 2.70. The van der Waals surface area contributed by atoms with Gasteiger partial charge in [0.2, 0.25) is 10.3 Å². The van der Waals surface area contributed by atoms with Crippen LogP contribution in [0, 0.1) is 0 Å². The molecule has 4 heteroatoms. The lowest BCUT2D eigenvalue weighted by atomic mass is 10.2. The normalized spacial score (nSPS) is 16.8. The van der Waals surface area contributed by atoms with Gasteiger partial charge in [-0.3, -0.25) is 5.11 Å². The highest BCUT2D eigenvalue weighted by molar-refractivity contribution is 7.73. The first-order chi connectivity index (χ1) is 4.70. The maximum atomic E-state index is 10.5. The first-order valence-electron chi connectivity index (χ1n) is 2.70. The fourth-order valence-corrected chi connectivity index (χ4v) is 1.03. The molecule has 0 N–H and O–H groups in total. The van der Waals surface area contributed by atoms with E-state index in [1.165, 1.54) is 18.2 Å². The second-order valence-corrected chi connectivity index (χ2v) is 2.84. The van der Waals surface area contributed by atoms with Gasteiger partial charge in [-0.15, -0.1) is 0 Å². The van der Waals surface area contributed by atoms with Gasteiger partial charge in [-0.2, -0.15) is 8.42 Å². The molecule has 3 nitrogen and oxygen atoms in total. The van der Waals surface area contributed by atoms with Crippen LogP contribution in [0.3, 0.4) is 0 Å². The van der Waals surface area contributed by atoms with Gasteiger partial charge in [0.15, 0.2) is 5.76 Å². The summed E-state index contributed by atoms with van der Waals surface area (Å²) in [5.41, 5.74) is 0. The zero-order valence-corrected chi connectivity index (χ0v) is 5.89. The molecule has 10 heavy (non-hydrogen) atoms. The summed E-state index contributed by atoms with van der Waals surface area (Å²) in [4.78, 5) is 0.264. The molecule has 0 spiro atoms. The van der Waals surface area contributed by atoms with Crippen molar-refractivity contribution in [2.75, 3.05) is 0 Å². The minimum Gasteiger partial charge on any atom is -0.290 e. The topological polar surface area (TPSA) is 54.0 Å². The van der Waals surface area contributed by atoms with Crippen LogP contribution in [0.2, 0.25) is 0 Å². The van der Waals surface area contributed by atoms with Crippen LogP contribution in [0.25, 0.3) is 0 Å². The van der Waals surface area contributed by atoms with Crippen LogP contribution in [0.5, 0.6) is 0 Å². The molecule has 0 saturated heterocycles. The van der Waals surface area contributed by atoms with Crippen molar-refractivity contribution in [1.29, 1.82) is 0 Å². The zero-order chi connectivity index (χ0) is 7.56. The molecule has 0 fully saturated rings. The molecule has 0 aromatic carbocycles. The van der Waals surface area contributed by atoms with Gasteiger partial charge < -0.3 is 0 Å². The van der Waals surface area contributed by atoms with E-state index in [-0.39, 0.29) is 17.0 Å². The van der Waals surface area contributed by atoms with Crippen LogP contribution < -0.4 is 0 Å². The van der Waals surface area contributed by atoms with E-state index in [1.807, 2.05) is 0 Å². The lowest BCUT2D eigenvalue weighted by molar-refractivity contribution is 0.314. The van der Waals surface area contributed by atoms with E-state index in [0.29, 0.717) is 0 Å². The fourth-order valence-electron chi connectivity index (χ4n) is 0.636. The fraction of sp³-hybridized carbons (Fsp3) is 0.167. The van der Waals surface area contributed by atoms with Crippen LogP contribution in [-0.4, -0.2) is 13.3 Å². The van der Waals surface area contributed by atoms with Gasteiger partial charge in [0.25, 0.3) is 0 Å². The first kappa shape index (κ1) is 7.08. The maximum absolute atomic E-state index is 10.5. The van der Waals surface area contributed by atoms with E-state index in [1.54, 1.807) is 0 Å². The minimum atomic E-state index is -2.17. The highest BCUT2D eigenvalue weighted by atomic mass is 32.2. The van der Waals surface area contributed by atoms with Crippen molar-refractivity contribution in [3.63, 3.8) is 0 Å². The Hall–Kier alpha value is -1.03. The van der Waals surface area contributed by atoms with Crippen molar-refractivity contribution in [2.24, 2.45) is 0 Å². The van der Waals surface area contributed by atoms with Crippen LogP contribution in [-0.2, 0) is 15.4 Å². The Bertz CT molecular complexity index is 311. The van der Waals surface area contributed by atoms with E-state index in [4.69, 9.17) is 0 Å². The van der Waals surface area contributed by atoms with E-state index >= 15 is 0 Å². The average molecular weight is 157 g/mol. The van der Waals surface area contributed by atoms with Crippen LogP contribution in [0.4, 0.5) is 0 Å². The molecule has 0 unspecified atom stereocenters. The Morgan fingerprint density at radius 3 is 2.40 bits per heavy atom. The van der Waals surface area contributed by atoms with Gasteiger partial charge in [-0.05, 0) is 18.2 Å².